The van der Waals surface area contributed by atoms with Gasteiger partial charge in [-0.2, -0.15) is 0 Å². The molecule has 1 unspecified atom stereocenters. The highest BCUT2D eigenvalue weighted by molar-refractivity contribution is 9.11. The number of hydrogen-bond donors (Lipinski definition) is 0. The van der Waals surface area contributed by atoms with Crippen molar-refractivity contribution in [2.45, 2.75) is 27.2 Å². The lowest BCUT2D eigenvalue weighted by Gasteiger charge is -2.21. The molecule has 68 valence electrons. The lowest BCUT2D eigenvalue weighted by molar-refractivity contribution is 0.689. The van der Waals surface area contributed by atoms with Crippen molar-refractivity contribution in [3.8, 4) is 0 Å². The van der Waals surface area contributed by atoms with E-state index in [1.807, 2.05) is 11.8 Å². The number of hydrogen-bond acceptors (Lipinski definition) is 1. The molecular formula is C10H15BrS. The molecule has 0 fully saturated rings. The minimum Gasteiger partial charge on any atom is -0.119 e. The van der Waals surface area contributed by atoms with Crippen molar-refractivity contribution in [3.63, 3.8) is 0 Å². The van der Waals surface area contributed by atoms with Crippen LogP contribution in [0.2, 0.25) is 0 Å². The molecule has 0 nitrogen and oxygen atoms in total. The number of thioether (sulfide) groups is 1. The molecular weight excluding hydrogens is 232 g/mol. The smallest absolute Gasteiger partial charge is 0.0534 e. The van der Waals surface area contributed by atoms with Gasteiger partial charge < -0.3 is 0 Å². The van der Waals surface area contributed by atoms with E-state index < -0.39 is 0 Å². The third-order valence-corrected chi connectivity index (χ3v) is 4.00. The second-order valence-corrected chi connectivity index (χ2v) is 5.72. The van der Waals surface area contributed by atoms with Gasteiger partial charge in [0.15, 0.2) is 0 Å². The van der Waals surface area contributed by atoms with Crippen LogP contribution in [0.4, 0.5) is 0 Å². The molecule has 0 saturated heterocycles. The van der Waals surface area contributed by atoms with E-state index >= 15 is 0 Å². The molecule has 0 amide bonds. The van der Waals surface area contributed by atoms with Gasteiger partial charge in [0.25, 0.3) is 0 Å². The summed E-state index contributed by atoms with van der Waals surface area (Å²) in [5.74, 6) is 0.719. The van der Waals surface area contributed by atoms with Crippen molar-refractivity contribution in [2.75, 3.05) is 4.66 Å². The predicted octanol–water partition coefficient (Wildman–Crippen LogP) is 4.33. The second kappa shape index (κ2) is 4.52. The molecule has 1 aliphatic rings. The van der Waals surface area contributed by atoms with Gasteiger partial charge in [-0.05, 0) is 37.2 Å². The Bertz CT molecular complexity index is 228. The third kappa shape index (κ3) is 2.40. The van der Waals surface area contributed by atoms with Crippen molar-refractivity contribution in [1.29, 1.82) is 0 Å². The minimum absolute atomic E-state index is 0.719. The van der Waals surface area contributed by atoms with Crippen LogP contribution in [-0.2, 0) is 0 Å². The van der Waals surface area contributed by atoms with Crippen molar-refractivity contribution < 1.29 is 0 Å². The van der Waals surface area contributed by atoms with E-state index in [9.17, 15) is 0 Å². The van der Waals surface area contributed by atoms with Gasteiger partial charge in [-0.15, -0.1) is 11.8 Å². The van der Waals surface area contributed by atoms with Crippen LogP contribution in [0.5, 0.6) is 0 Å². The summed E-state index contributed by atoms with van der Waals surface area (Å²) in [5.41, 5.74) is 3.00. The molecule has 12 heavy (non-hydrogen) atoms. The molecule has 0 aromatic rings. The fourth-order valence-electron chi connectivity index (χ4n) is 1.45. The first kappa shape index (κ1) is 10.4. The van der Waals surface area contributed by atoms with Crippen molar-refractivity contribution in [3.05, 3.63) is 22.1 Å². The highest BCUT2D eigenvalue weighted by atomic mass is 79.9. The molecule has 1 atom stereocenters. The van der Waals surface area contributed by atoms with Crippen LogP contribution in [0.1, 0.15) is 27.2 Å². The van der Waals surface area contributed by atoms with Crippen molar-refractivity contribution in [1.82, 2.24) is 0 Å². The molecule has 0 saturated carbocycles. The molecule has 2 heteroatoms. The Morgan fingerprint density at radius 2 is 2.25 bits per heavy atom. The maximum Gasteiger partial charge on any atom is 0.0534 e. The van der Waals surface area contributed by atoms with Gasteiger partial charge in [0.05, 0.1) is 4.66 Å². The third-order valence-electron chi connectivity index (χ3n) is 2.35. The summed E-state index contributed by atoms with van der Waals surface area (Å²) in [6.45, 7) is 6.74. The van der Waals surface area contributed by atoms with Crippen LogP contribution in [-0.4, -0.2) is 4.66 Å². The molecule has 0 bridgehead atoms. The predicted molar refractivity (Wildman–Crippen MR) is 61.6 cm³/mol. The molecule has 0 N–H and O–H groups in total. The first-order valence-electron chi connectivity index (χ1n) is 4.22. The zero-order valence-corrected chi connectivity index (χ0v) is 10.3. The fourth-order valence-corrected chi connectivity index (χ4v) is 2.99. The summed E-state index contributed by atoms with van der Waals surface area (Å²) in [7, 11) is 0. The van der Waals surface area contributed by atoms with Gasteiger partial charge in [0.2, 0.25) is 0 Å². The first-order valence-corrected chi connectivity index (χ1v) is 6.32. The quantitative estimate of drug-likeness (QED) is 0.654. The molecule has 1 aliphatic carbocycles. The Kier molecular flexibility index (Phi) is 3.91. The summed E-state index contributed by atoms with van der Waals surface area (Å²) in [5, 5.41) is 0. The standard InChI is InChI=1S/C10H15BrS/c1-7-4-9(3)10(12-6-11)5-8(7)2/h5,9H,4,6H2,1-3H3. The zero-order valence-electron chi connectivity index (χ0n) is 7.86. The second-order valence-electron chi connectivity index (χ2n) is 3.37. The zero-order chi connectivity index (χ0) is 9.14. The Morgan fingerprint density at radius 1 is 1.58 bits per heavy atom. The van der Waals surface area contributed by atoms with Gasteiger partial charge in [-0.1, -0.05) is 34.0 Å². The molecule has 0 radical (unpaired) electrons. The number of alkyl halides is 1. The fraction of sp³-hybridized carbons (Fsp3) is 0.600. The molecule has 0 aromatic heterocycles. The molecule has 0 spiro atoms. The average molecular weight is 247 g/mol. The molecule has 0 heterocycles. The van der Waals surface area contributed by atoms with E-state index in [-0.39, 0.29) is 0 Å². The largest absolute Gasteiger partial charge is 0.119 e. The number of halogens is 1. The normalized spacial score (nSPS) is 24.3. The summed E-state index contributed by atoms with van der Waals surface area (Å²) in [6, 6.07) is 0. The van der Waals surface area contributed by atoms with E-state index in [1.165, 1.54) is 16.9 Å². The number of rotatable bonds is 2. The first-order chi connectivity index (χ1) is 5.65. The lowest BCUT2D eigenvalue weighted by atomic mass is 9.92. The van der Waals surface area contributed by atoms with E-state index in [2.05, 4.69) is 42.8 Å². The average Bonchev–Trinajstić information content (AvgIpc) is 2.01. The lowest BCUT2D eigenvalue weighted by Crippen LogP contribution is -2.04. The van der Waals surface area contributed by atoms with Gasteiger partial charge in [-0.3, -0.25) is 0 Å². The Labute approximate surface area is 87.6 Å². The maximum absolute atomic E-state index is 3.45. The van der Waals surface area contributed by atoms with Crippen molar-refractivity contribution in [2.24, 2.45) is 5.92 Å². The SMILES string of the molecule is CC1=C(C)CC(C)C(SCBr)=C1. The van der Waals surface area contributed by atoms with E-state index in [1.54, 1.807) is 5.57 Å². The van der Waals surface area contributed by atoms with E-state index in [0.29, 0.717) is 0 Å². The Hall–Kier alpha value is 0.310. The van der Waals surface area contributed by atoms with Crippen LogP contribution >= 0.6 is 27.7 Å². The highest BCUT2D eigenvalue weighted by Gasteiger charge is 2.15. The molecule has 0 aromatic carbocycles. The highest BCUT2D eigenvalue weighted by Crippen LogP contribution is 2.35. The van der Waals surface area contributed by atoms with Crippen LogP contribution in [0.3, 0.4) is 0 Å². The van der Waals surface area contributed by atoms with E-state index in [4.69, 9.17) is 0 Å². The Morgan fingerprint density at radius 3 is 2.83 bits per heavy atom. The number of allylic oxidation sites excluding steroid dienone is 4. The topological polar surface area (TPSA) is 0 Å². The monoisotopic (exact) mass is 246 g/mol. The van der Waals surface area contributed by atoms with Gasteiger partial charge in [0.1, 0.15) is 0 Å². The van der Waals surface area contributed by atoms with Crippen molar-refractivity contribution >= 4 is 27.7 Å². The van der Waals surface area contributed by atoms with Crippen LogP contribution < -0.4 is 0 Å². The summed E-state index contributed by atoms with van der Waals surface area (Å²) in [6.07, 6.45) is 3.56. The maximum atomic E-state index is 3.45. The van der Waals surface area contributed by atoms with Gasteiger partial charge in [0, 0.05) is 0 Å². The molecule has 1 rings (SSSR count). The summed E-state index contributed by atoms with van der Waals surface area (Å²) in [4.78, 5) is 1.52. The molecule has 0 aliphatic heterocycles. The van der Waals surface area contributed by atoms with Gasteiger partial charge in [-0.25, -0.2) is 0 Å². The van der Waals surface area contributed by atoms with Crippen LogP contribution in [0, 0.1) is 5.92 Å². The van der Waals surface area contributed by atoms with E-state index in [0.717, 1.165) is 10.6 Å². The summed E-state index contributed by atoms with van der Waals surface area (Å²) >= 11 is 5.36. The van der Waals surface area contributed by atoms with Gasteiger partial charge >= 0.3 is 0 Å². The minimum atomic E-state index is 0.719. The summed E-state index contributed by atoms with van der Waals surface area (Å²) < 4.78 is 1.01. The van der Waals surface area contributed by atoms with Crippen LogP contribution in [0.15, 0.2) is 22.1 Å². The van der Waals surface area contributed by atoms with Crippen LogP contribution in [0.25, 0.3) is 0 Å². The Balaban J connectivity index is 2.78.